The topological polar surface area (TPSA) is 71.0 Å². The van der Waals surface area contributed by atoms with Crippen LogP contribution in [0.3, 0.4) is 0 Å². The van der Waals surface area contributed by atoms with E-state index in [4.69, 9.17) is 0 Å². The van der Waals surface area contributed by atoms with E-state index in [0.717, 1.165) is 49.6 Å². The van der Waals surface area contributed by atoms with Crippen LogP contribution in [0.4, 0.5) is 11.1 Å². The zero-order valence-electron chi connectivity index (χ0n) is 17.3. The van der Waals surface area contributed by atoms with E-state index in [-0.39, 0.29) is 11.8 Å². The van der Waals surface area contributed by atoms with Crippen molar-refractivity contribution in [3.05, 3.63) is 53.7 Å². The standard InChI is InChI=1S/C23H27N5OS/c1-2-3-5-17-6-8-18(9-7-17)20-16-30-23(26-20)27-21(29)19-10-14-28(15-11-19)22-24-12-4-13-25-22/h4,6-9,12-13,16,19H,2-3,5,10-11,14-15H2,1H3,(H,26,27,29). The van der Waals surface area contributed by atoms with E-state index in [0.29, 0.717) is 5.13 Å². The third-order valence-corrected chi connectivity index (χ3v) is 6.26. The minimum atomic E-state index is -0.00448. The molecule has 0 radical (unpaired) electrons. The van der Waals surface area contributed by atoms with Crippen LogP contribution in [0.2, 0.25) is 0 Å². The third kappa shape index (κ3) is 5.02. The molecule has 1 amide bonds. The largest absolute Gasteiger partial charge is 0.341 e. The smallest absolute Gasteiger partial charge is 0.229 e. The Hall–Kier alpha value is -2.80. The summed E-state index contributed by atoms with van der Waals surface area (Å²) in [5.74, 6) is 0.788. The fourth-order valence-corrected chi connectivity index (χ4v) is 4.41. The fourth-order valence-electron chi connectivity index (χ4n) is 3.69. The number of amides is 1. The number of unbranched alkanes of at least 4 members (excludes halogenated alkanes) is 1. The van der Waals surface area contributed by atoms with Crippen molar-refractivity contribution >= 4 is 28.3 Å². The number of hydrogen-bond acceptors (Lipinski definition) is 6. The molecule has 0 saturated carbocycles. The molecule has 3 heterocycles. The SMILES string of the molecule is CCCCc1ccc(-c2csc(NC(=O)C3CCN(c4ncccn4)CC3)n2)cc1. The van der Waals surface area contributed by atoms with Crippen molar-refractivity contribution in [3.63, 3.8) is 0 Å². The molecule has 3 aromatic rings. The maximum absolute atomic E-state index is 12.7. The number of anilines is 2. The molecule has 1 fully saturated rings. The summed E-state index contributed by atoms with van der Waals surface area (Å²) in [4.78, 5) is 28.1. The number of nitrogens with one attached hydrogen (secondary N) is 1. The molecular formula is C23H27N5OS. The van der Waals surface area contributed by atoms with Gasteiger partial charge < -0.3 is 10.2 Å². The molecule has 156 valence electrons. The highest BCUT2D eigenvalue weighted by Crippen LogP contribution is 2.27. The molecule has 0 aliphatic carbocycles. The van der Waals surface area contributed by atoms with Crippen molar-refractivity contribution < 1.29 is 4.79 Å². The highest BCUT2D eigenvalue weighted by molar-refractivity contribution is 7.14. The summed E-state index contributed by atoms with van der Waals surface area (Å²) in [7, 11) is 0. The molecule has 0 atom stereocenters. The van der Waals surface area contributed by atoms with Crippen molar-refractivity contribution in [1.29, 1.82) is 0 Å². The van der Waals surface area contributed by atoms with Gasteiger partial charge in [-0.3, -0.25) is 4.79 Å². The number of nitrogens with zero attached hydrogens (tertiary/aromatic N) is 4. The fraction of sp³-hybridized carbons (Fsp3) is 0.391. The summed E-state index contributed by atoms with van der Waals surface area (Å²) in [6, 6.07) is 10.4. The lowest BCUT2D eigenvalue weighted by Gasteiger charge is -2.30. The van der Waals surface area contributed by atoms with Crippen LogP contribution in [0.5, 0.6) is 0 Å². The molecular weight excluding hydrogens is 394 g/mol. The summed E-state index contributed by atoms with van der Waals surface area (Å²) in [6.45, 7) is 3.78. The Morgan fingerprint density at radius 1 is 1.17 bits per heavy atom. The van der Waals surface area contributed by atoms with E-state index in [1.165, 1.54) is 29.7 Å². The van der Waals surface area contributed by atoms with Crippen molar-refractivity contribution in [2.24, 2.45) is 5.92 Å². The maximum Gasteiger partial charge on any atom is 0.229 e. The van der Waals surface area contributed by atoms with E-state index in [2.05, 4.69) is 56.4 Å². The monoisotopic (exact) mass is 421 g/mol. The van der Waals surface area contributed by atoms with Gasteiger partial charge in [-0.25, -0.2) is 15.0 Å². The Morgan fingerprint density at radius 2 is 1.90 bits per heavy atom. The lowest BCUT2D eigenvalue weighted by Crippen LogP contribution is -2.38. The lowest BCUT2D eigenvalue weighted by molar-refractivity contribution is -0.120. The third-order valence-electron chi connectivity index (χ3n) is 5.50. The molecule has 2 aromatic heterocycles. The maximum atomic E-state index is 12.7. The minimum Gasteiger partial charge on any atom is -0.341 e. The summed E-state index contributed by atoms with van der Waals surface area (Å²) in [5, 5.41) is 5.69. The lowest BCUT2D eigenvalue weighted by atomic mass is 9.96. The van der Waals surface area contributed by atoms with Gasteiger partial charge in [0.05, 0.1) is 5.69 Å². The average Bonchev–Trinajstić information content (AvgIpc) is 3.27. The summed E-state index contributed by atoms with van der Waals surface area (Å²) >= 11 is 1.48. The molecule has 0 unspecified atom stereocenters. The Balaban J connectivity index is 1.31. The number of hydrogen-bond donors (Lipinski definition) is 1. The van der Waals surface area contributed by atoms with Gasteiger partial charge in [-0.05, 0) is 37.3 Å². The minimum absolute atomic E-state index is 0.00448. The normalized spacial score (nSPS) is 14.6. The van der Waals surface area contributed by atoms with Gasteiger partial charge in [-0.15, -0.1) is 11.3 Å². The van der Waals surface area contributed by atoms with Gasteiger partial charge in [0.2, 0.25) is 11.9 Å². The van der Waals surface area contributed by atoms with Gasteiger partial charge in [0, 0.05) is 42.3 Å². The number of carbonyl (C=O) groups excluding carboxylic acids is 1. The van der Waals surface area contributed by atoms with Gasteiger partial charge in [0.15, 0.2) is 5.13 Å². The quantitative estimate of drug-likeness (QED) is 0.593. The second kappa shape index (κ2) is 9.80. The van der Waals surface area contributed by atoms with Gasteiger partial charge in [0.25, 0.3) is 0 Å². The van der Waals surface area contributed by atoms with Crippen LogP contribution in [-0.2, 0) is 11.2 Å². The van der Waals surface area contributed by atoms with E-state index in [1.54, 1.807) is 12.4 Å². The average molecular weight is 422 g/mol. The van der Waals surface area contributed by atoms with Crippen LogP contribution in [-0.4, -0.2) is 33.9 Å². The highest BCUT2D eigenvalue weighted by Gasteiger charge is 2.26. The van der Waals surface area contributed by atoms with Crippen molar-refractivity contribution in [2.45, 2.75) is 39.0 Å². The molecule has 0 bridgehead atoms. The number of rotatable bonds is 7. The Bertz CT molecular complexity index is 949. The van der Waals surface area contributed by atoms with Crippen molar-refractivity contribution in [1.82, 2.24) is 15.0 Å². The van der Waals surface area contributed by atoms with Crippen molar-refractivity contribution in [2.75, 3.05) is 23.3 Å². The molecule has 1 aromatic carbocycles. The van der Waals surface area contributed by atoms with Crippen LogP contribution < -0.4 is 10.2 Å². The number of piperidine rings is 1. The Kier molecular flexibility index (Phi) is 6.69. The molecule has 30 heavy (non-hydrogen) atoms. The molecule has 4 rings (SSSR count). The van der Waals surface area contributed by atoms with E-state index in [9.17, 15) is 4.79 Å². The van der Waals surface area contributed by atoms with Gasteiger partial charge in [-0.1, -0.05) is 37.6 Å². The van der Waals surface area contributed by atoms with E-state index < -0.39 is 0 Å². The van der Waals surface area contributed by atoms with Gasteiger partial charge >= 0.3 is 0 Å². The van der Waals surface area contributed by atoms with Crippen LogP contribution in [0.15, 0.2) is 48.1 Å². The molecule has 1 N–H and O–H groups in total. The molecule has 1 aliphatic rings. The number of aryl methyl sites for hydroxylation is 1. The molecule has 7 heteroatoms. The predicted molar refractivity (Wildman–Crippen MR) is 122 cm³/mol. The summed E-state index contributed by atoms with van der Waals surface area (Å²) in [6.07, 6.45) is 8.62. The molecule has 0 spiro atoms. The predicted octanol–water partition coefficient (Wildman–Crippen LogP) is 4.80. The zero-order chi connectivity index (χ0) is 20.8. The first-order chi connectivity index (χ1) is 14.7. The zero-order valence-corrected chi connectivity index (χ0v) is 18.1. The molecule has 1 aliphatic heterocycles. The van der Waals surface area contributed by atoms with Crippen LogP contribution in [0.25, 0.3) is 11.3 Å². The molecule has 1 saturated heterocycles. The molecule has 6 nitrogen and oxygen atoms in total. The highest BCUT2D eigenvalue weighted by atomic mass is 32.1. The Morgan fingerprint density at radius 3 is 2.60 bits per heavy atom. The summed E-state index contributed by atoms with van der Waals surface area (Å²) < 4.78 is 0. The van der Waals surface area contributed by atoms with E-state index in [1.807, 2.05) is 11.4 Å². The van der Waals surface area contributed by atoms with Gasteiger partial charge in [0.1, 0.15) is 0 Å². The Labute approximate surface area is 181 Å². The first-order valence-corrected chi connectivity index (χ1v) is 11.5. The first kappa shape index (κ1) is 20.5. The van der Waals surface area contributed by atoms with Gasteiger partial charge in [-0.2, -0.15) is 0 Å². The van der Waals surface area contributed by atoms with Crippen LogP contribution in [0, 0.1) is 5.92 Å². The van der Waals surface area contributed by atoms with Crippen LogP contribution in [0.1, 0.15) is 38.2 Å². The van der Waals surface area contributed by atoms with Crippen molar-refractivity contribution in [3.8, 4) is 11.3 Å². The number of benzene rings is 1. The second-order valence-corrected chi connectivity index (χ2v) is 8.50. The first-order valence-electron chi connectivity index (χ1n) is 10.6. The number of carbonyl (C=O) groups is 1. The summed E-state index contributed by atoms with van der Waals surface area (Å²) in [5.41, 5.74) is 3.35. The number of thiazole rings is 1. The van der Waals surface area contributed by atoms with Crippen LogP contribution >= 0.6 is 11.3 Å². The number of aromatic nitrogens is 3. The van der Waals surface area contributed by atoms with E-state index >= 15 is 0 Å². The second-order valence-electron chi connectivity index (χ2n) is 7.64.